The Labute approximate surface area is 159 Å². The lowest BCUT2D eigenvalue weighted by molar-refractivity contribution is -0.133. The molecule has 0 saturated carbocycles. The molecule has 0 aliphatic heterocycles. The highest BCUT2D eigenvalue weighted by Crippen LogP contribution is 2.28. The van der Waals surface area contributed by atoms with E-state index in [9.17, 15) is 9.59 Å². The van der Waals surface area contributed by atoms with Gasteiger partial charge in [0.1, 0.15) is 17.1 Å². The van der Waals surface area contributed by atoms with E-state index >= 15 is 0 Å². The van der Waals surface area contributed by atoms with E-state index in [1.54, 1.807) is 25.2 Å². The summed E-state index contributed by atoms with van der Waals surface area (Å²) in [6, 6.07) is 11.0. The summed E-state index contributed by atoms with van der Waals surface area (Å²) < 4.78 is 15.6. The molecule has 0 unspecified atom stereocenters. The fourth-order valence-corrected chi connectivity index (χ4v) is 2.73. The SMILES string of the molecule is COc1cccc(OC)c1C(=O)OCC(=O)N(C)Cc1ccc(C)cc1C. The van der Waals surface area contributed by atoms with Gasteiger partial charge in [0, 0.05) is 13.6 Å². The van der Waals surface area contributed by atoms with E-state index in [1.807, 2.05) is 26.0 Å². The largest absolute Gasteiger partial charge is 0.496 e. The molecule has 0 radical (unpaired) electrons. The van der Waals surface area contributed by atoms with Gasteiger partial charge in [-0.1, -0.05) is 29.8 Å². The van der Waals surface area contributed by atoms with Gasteiger partial charge < -0.3 is 19.1 Å². The lowest BCUT2D eigenvalue weighted by Gasteiger charge is -2.19. The monoisotopic (exact) mass is 371 g/mol. The molecule has 27 heavy (non-hydrogen) atoms. The number of ether oxygens (including phenoxy) is 3. The molecule has 0 saturated heterocycles. The Morgan fingerprint density at radius 3 is 2.19 bits per heavy atom. The smallest absolute Gasteiger partial charge is 0.346 e. The highest BCUT2D eigenvalue weighted by Gasteiger charge is 2.21. The molecule has 6 heteroatoms. The van der Waals surface area contributed by atoms with Crippen LogP contribution in [0.3, 0.4) is 0 Å². The summed E-state index contributed by atoms with van der Waals surface area (Å²) in [5.74, 6) is -0.305. The highest BCUT2D eigenvalue weighted by molar-refractivity contribution is 5.96. The van der Waals surface area contributed by atoms with E-state index in [-0.39, 0.29) is 18.1 Å². The number of esters is 1. The van der Waals surface area contributed by atoms with Crippen LogP contribution in [0.1, 0.15) is 27.0 Å². The van der Waals surface area contributed by atoms with Crippen molar-refractivity contribution in [1.82, 2.24) is 4.90 Å². The van der Waals surface area contributed by atoms with Crippen LogP contribution < -0.4 is 9.47 Å². The second-order valence-electron chi connectivity index (χ2n) is 6.29. The zero-order chi connectivity index (χ0) is 20.0. The number of carbonyl (C=O) groups excluding carboxylic acids is 2. The number of benzene rings is 2. The average molecular weight is 371 g/mol. The number of aryl methyl sites for hydroxylation is 2. The third-order valence-corrected chi connectivity index (χ3v) is 4.29. The highest BCUT2D eigenvalue weighted by atomic mass is 16.5. The zero-order valence-electron chi connectivity index (χ0n) is 16.4. The molecule has 0 N–H and O–H groups in total. The molecule has 0 heterocycles. The molecular weight excluding hydrogens is 346 g/mol. The summed E-state index contributed by atoms with van der Waals surface area (Å²) in [5.41, 5.74) is 3.50. The quantitative estimate of drug-likeness (QED) is 0.700. The lowest BCUT2D eigenvalue weighted by Crippen LogP contribution is -2.31. The molecule has 2 rings (SSSR count). The maximum atomic E-state index is 12.4. The summed E-state index contributed by atoms with van der Waals surface area (Å²) in [5, 5.41) is 0. The van der Waals surface area contributed by atoms with E-state index in [4.69, 9.17) is 14.2 Å². The third kappa shape index (κ3) is 5.00. The van der Waals surface area contributed by atoms with Gasteiger partial charge >= 0.3 is 5.97 Å². The van der Waals surface area contributed by atoms with Crippen LogP contribution >= 0.6 is 0 Å². The Kier molecular flexibility index (Phi) is 6.82. The van der Waals surface area contributed by atoms with Crippen LogP contribution in [-0.4, -0.2) is 44.7 Å². The van der Waals surface area contributed by atoms with Crippen LogP contribution in [0.15, 0.2) is 36.4 Å². The first-order valence-electron chi connectivity index (χ1n) is 8.55. The van der Waals surface area contributed by atoms with Crippen LogP contribution in [0.2, 0.25) is 0 Å². The summed E-state index contributed by atoms with van der Waals surface area (Å²) in [6.07, 6.45) is 0. The molecule has 0 aliphatic carbocycles. The van der Waals surface area contributed by atoms with Crippen LogP contribution in [0.4, 0.5) is 0 Å². The van der Waals surface area contributed by atoms with Crippen molar-refractivity contribution in [2.45, 2.75) is 20.4 Å². The van der Waals surface area contributed by atoms with Gasteiger partial charge in [0.05, 0.1) is 14.2 Å². The first-order chi connectivity index (χ1) is 12.9. The molecule has 2 aromatic carbocycles. The average Bonchev–Trinajstić information content (AvgIpc) is 2.66. The van der Waals surface area contributed by atoms with E-state index < -0.39 is 5.97 Å². The normalized spacial score (nSPS) is 10.3. The standard InChI is InChI=1S/C21H25NO5/c1-14-9-10-16(15(2)11-14)12-22(3)19(23)13-27-21(24)20-17(25-4)7-6-8-18(20)26-5/h6-11H,12-13H2,1-5H3. The number of rotatable bonds is 7. The van der Waals surface area contributed by atoms with Crippen molar-refractivity contribution >= 4 is 11.9 Å². The second-order valence-corrected chi connectivity index (χ2v) is 6.29. The number of amides is 1. The summed E-state index contributed by atoms with van der Waals surface area (Å²) >= 11 is 0. The Balaban J connectivity index is 2.01. The van der Waals surface area contributed by atoms with Crippen LogP contribution in [0.25, 0.3) is 0 Å². The number of carbonyl (C=O) groups is 2. The minimum atomic E-state index is -0.669. The molecule has 6 nitrogen and oxygen atoms in total. The maximum Gasteiger partial charge on any atom is 0.346 e. The van der Waals surface area contributed by atoms with Gasteiger partial charge in [0.25, 0.3) is 5.91 Å². The van der Waals surface area contributed by atoms with E-state index in [0.717, 1.165) is 11.1 Å². The fraction of sp³-hybridized carbons (Fsp3) is 0.333. The van der Waals surface area contributed by atoms with Gasteiger partial charge in [0.2, 0.25) is 0 Å². The summed E-state index contributed by atoms with van der Waals surface area (Å²) in [6.45, 7) is 4.12. The first kappa shape index (κ1) is 20.3. The molecule has 0 aliphatic rings. The minimum Gasteiger partial charge on any atom is -0.496 e. The third-order valence-electron chi connectivity index (χ3n) is 4.29. The second kappa shape index (κ2) is 9.07. The topological polar surface area (TPSA) is 65.1 Å². The van der Waals surface area contributed by atoms with Crippen LogP contribution in [0, 0.1) is 13.8 Å². The van der Waals surface area contributed by atoms with Crippen molar-refractivity contribution in [2.75, 3.05) is 27.9 Å². The molecule has 2 aromatic rings. The molecule has 0 fully saturated rings. The van der Waals surface area contributed by atoms with E-state index in [0.29, 0.717) is 18.0 Å². The molecule has 0 aromatic heterocycles. The Morgan fingerprint density at radius 2 is 1.63 bits per heavy atom. The predicted octanol–water partition coefficient (Wildman–Crippen LogP) is 3.14. The maximum absolute atomic E-state index is 12.4. The number of nitrogens with zero attached hydrogens (tertiary/aromatic N) is 1. The van der Waals surface area contributed by atoms with Crippen LogP contribution in [0.5, 0.6) is 11.5 Å². The van der Waals surface area contributed by atoms with Crippen molar-refractivity contribution in [1.29, 1.82) is 0 Å². The molecule has 0 spiro atoms. The van der Waals surface area contributed by atoms with Crippen molar-refractivity contribution in [2.24, 2.45) is 0 Å². The molecule has 144 valence electrons. The first-order valence-corrected chi connectivity index (χ1v) is 8.55. The minimum absolute atomic E-state index is 0.160. The van der Waals surface area contributed by atoms with Crippen LogP contribution in [-0.2, 0) is 16.1 Å². The van der Waals surface area contributed by atoms with Gasteiger partial charge in [-0.15, -0.1) is 0 Å². The van der Waals surface area contributed by atoms with Gasteiger partial charge in [-0.3, -0.25) is 4.79 Å². The number of methoxy groups -OCH3 is 2. The zero-order valence-corrected chi connectivity index (χ0v) is 16.4. The van der Waals surface area contributed by atoms with Crippen molar-refractivity contribution in [3.8, 4) is 11.5 Å². The van der Waals surface area contributed by atoms with Crippen molar-refractivity contribution < 1.29 is 23.8 Å². The molecule has 1 amide bonds. The van der Waals surface area contributed by atoms with Crippen molar-refractivity contribution in [3.63, 3.8) is 0 Å². The predicted molar refractivity (Wildman–Crippen MR) is 102 cm³/mol. The Morgan fingerprint density at radius 1 is 1.00 bits per heavy atom. The molecule has 0 atom stereocenters. The van der Waals surface area contributed by atoms with Gasteiger partial charge in [-0.25, -0.2) is 4.79 Å². The summed E-state index contributed by atoms with van der Waals surface area (Å²) in [4.78, 5) is 26.3. The lowest BCUT2D eigenvalue weighted by atomic mass is 10.1. The van der Waals surface area contributed by atoms with Gasteiger partial charge in [-0.05, 0) is 37.1 Å². The number of hydrogen-bond donors (Lipinski definition) is 0. The number of hydrogen-bond acceptors (Lipinski definition) is 5. The van der Waals surface area contributed by atoms with E-state index in [1.165, 1.54) is 24.7 Å². The Hall–Kier alpha value is -3.02. The molecular formula is C21H25NO5. The number of likely N-dealkylation sites (N-methyl/N-ethyl adjacent to an activating group) is 1. The molecule has 0 bridgehead atoms. The fourth-order valence-electron chi connectivity index (χ4n) is 2.73. The van der Waals surface area contributed by atoms with Crippen molar-refractivity contribution in [3.05, 3.63) is 58.7 Å². The summed E-state index contributed by atoms with van der Waals surface area (Å²) in [7, 11) is 4.59. The Bertz CT molecular complexity index is 809. The van der Waals surface area contributed by atoms with Gasteiger partial charge in [-0.2, -0.15) is 0 Å². The van der Waals surface area contributed by atoms with Gasteiger partial charge in [0.15, 0.2) is 6.61 Å². The van der Waals surface area contributed by atoms with E-state index in [2.05, 4.69) is 6.07 Å².